The molecule has 24 heavy (non-hydrogen) atoms. The number of nitrogens with one attached hydrogen (secondary N) is 3. The van der Waals surface area contributed by atoms with Crippen molar-refractivity contribution in [2.45, 2.75) is 26.2 Å². The maximum atomic E-state index is 10.8. The predicted octanol–water partition coefficient (Wildman–Crippen LogP) is 2.24. The number of quaternary nitrogens is 1. The van der Waals surface area contributed by atoms with E-state index in [1.165, 1.54) is 44.1 Å². The third-order valence-electron chi connectivity index (χ3n) is 4.38. The molecule has 6 nitrogen and oxygen atoms in total. The lowest BCUT2D eigenvalue weighted by molar-refractivity contribution is -0.906. The van der Waals surface area contributed by atoms with Crippen LogP contribution in [0.3, 0.4) is 0 Å². The van der Waals surface area contributed by atoms with Gasteiger partial charge in [0, 0.05) is 25.1 Å². The lowest BCUT2D eigenvalue weighted by atomic mass is 9.99. The summed E-state index contributed by atoms with van der Waals surface area (Å²) < 4.78 is 0. The van der Waals surface area contributed by atoms with E-state index >= 15 is 0 Å². The number of benzene rings is 1. The Morgan fingerprint density at radius 2 is 2.17 bits per heavy atom. The third kappa shape index (κ3) is 5.89. The number of halogens is 1. The standard InChI is InChI=1S/C16H23ClN4O2S/c1-12-5-9-20(10-6-12)8-2-7-18-16(24)19-15-11-13(21(22)23)3-4-14(15)17/h3-4,11-12H,2,5-10H2,1H3,(H2,18,19,24)/p+1. The molecule has 0 bridgehead atoms. The first-order chi connectivity index (χ1) is 11.5. The van der Waals surface area contributed by atoms with Gasteiger partial charge in [-0.25, -0.2) is 0 Å². The molecule has 8 heteroatoms. The van der Waals surface area contributed by atoms with Gasteiger partial charge in [-0.1, -0.05) is 18.5 Å². The Labute approximate surface area is 152 Å². The number of nitro groups is 1. The highest BCUT2D eigenvalue weighted by Crippen LogP contribution is 2.26. The van der Waals surface area contributed by atoms with Crippen LogP contribution in [0.4, 0.5) is 11.4 Å². The van der Waals surface area contributed by atoms with Crippen molar-refractivity contribution in [1.82, 2.24) is 5.32 Å². The van der Waals surface area contributed by atoms with E-state index in [2.05, 4.69) is 17.6 Å². The monoisotopic (exact) mass is 371 g/mol. The van der Waals surface area contributed by atoms with Crippen molar-refractivity contribution in [3.8, 4) is 0 Å². The van der Waals surface area contributed by atoms with Crippen LogP contribution >= 0.6 is 23.8 Å². The molecule has 1 aliphatic heterocycles. The van der Waals surface area contributed by atoms with Crippen molar-refractivity contribution in [1.29, 1.82) is 0 Å². The number of hydrogen-bond acceptors (Lipinski definition) is 3. The number of nitrogens with zero attached hydrogens (tertiary/aromatic N) is 1. The van der Waals surface area contributed by atoms with Gasteiger partial charge in [0.1, 0.15) is 0 Å². The zero-order valence-corrected chi connectivity index (χ0v) is 15.4. The van der Waals surface area contributed by atoms with Crippen molar-refractivity contribution >= 4 is 40.3 Å². The minimum atomic E-state index is -0.458. The van der Waals surface area contributed by atoms with Crippen LogP contribution in [0, 0.1) is 16.0 Å². The zero-order valence-electron chi connectivity index (χ0n) is 13.8. The minimum Gasteiger partial charge on any atom is -0.362 e. The molecule has 1 aromatic rings. The van der Waals surface area contributed by atoms with Gasteiger partial charge in [0.15, 0.2) is 5.11 Å². The lowest BCUT2D eigenvalue weighted by Gasteiger charge is -2.27. The van der Waals surface area contributed by atoms with Gasteiger partial charge in [-0.3, -0.25) is 10.1 Å². The van der Waals surface area contributed by atoms with Crippen molar-refractivity contribution in [3.63, 3.8) is 0 Å². The molecule has 1 fully saturated rings. The number of piperidine rings is 1. The molecule has 0 aliphatic carbocycles. The molecule has 1 aromatic carbocycles. The van der Waals surface area contributed by atoms with Crippen LogP contribution in [0.2, 0.25) is 5.02 Å². The molecular formula is C16H24ClN4O2S+. The normalized spacial score (nSPS) is 20.4. The molecule has 132 valence electrons. The Morgan fingerprint density at radius 3 is 2.83 bits per heavy atom. The fourth-order valence-electron chi connectivity index (χ4n) is 2.85. The maximum Gasteiger partial charge on any atom is 0.271 e. The summed E-state index contributed by atoms with van der Waals surface area (Å²) in [6.07, 6.45) is 3.66. The largest absolute Gasteiger partial charge is 0.362 e. The molecule has 2 rings (SSSR count). The first kappa shape index (κ1) is 18.9. The number of anilines is 1. The number of non-ortho nitro benzene ring substituents is 1. The molecule has 0 spiro atoms. The van der Waals surface area contributed by atoms with Gasteiger partial charge in [-0.15, -0.1) is 0 Å². The van der Waals surface area contributed by atoms with Crippen LogP contribution in [-0.4, -0.2) is 36.2 Å². The average Bonchev–Trinajstić information content (AvgIpc) is 2.55. The molecule has 1 heterocycles. The first-order valence-corrected chi connectivity index (χ1v) is 9.06. The van der Waals surface area contributed by atoms with Gasteiger partial charge in [0.25, 0.3) is 5.69 Å². The molecule has 1 saturated heterocycles. The van der Waals surface area contributed by atoms with E-state index in [1.54, 1.807) is 4.90 Å². The summed E-state index contributed by atoms with van der Waals surface area (Å²) in [5.74, 6) is 0.864. The Balaban J connectivity index is 1.71. The second-order valence-corrected chi connectivity index (χ2v) is 7.15. The summed E-state index contributed by atoms with van der Waals surface area (Å²) in [6, 6.07) is 4.24. The Morgan fingerprint density at radius 1 is 1.46 bits per heavy atom. The average molecular weight is 372 g/mol. The number of rotatable bonds is 6. The summed E-state index contributed by atoms with van der Waals surface area (Å²) >= 11 is 11.3. The Bertz CT molecular complexity index is 591. The molecule has 0 atom stereocenters. The van der Waals surface area contributed by atoms with Crippen LogP contribution in [-0.2, 0) is 0 Å². The van der Waals surface area contributed by atoms with Crippen LogP contribution < -0.4 is 15.5 Å². The maximum absolute atomic E-state index is 10.8. The number of hydrogen-bond donors (Lipinski definition) is 3. The van der Waals surface area contributed by atoms with E-state index < -0.39 is 4.92 Å². The van der Waals surface area contributed by atoms with Crippen LogP contribution in [0.5, 0.6) is 0 Å². The topological polar surface area (TPSA) is 71.6 Å². The fraction of sp³-hybridized carbons (Fsp3) is 0.562. The van der Waals surface area contributed by atoms with Crippen molar-refractivity contribution in [2.75, 3.05) is 31.5 Å². The van der Waals surface area contributed by atoms with E-state index in [-0.39, 0.29) is 5.69 Å². The minimum absolute atomic E-state index is 0.0207. The highest BCUT2D eigenvalue weighted by atomic mass is 35.5. The summed E-state index contributed by atoms with van der Waals surface area (Å²) in [6.45, 7) is 6.75. The fourth-order valence-corrected chi connectivity index (χ4v) is 3.23. The van der Waals surface area contributed by atoms with Crippen LogP contribution in [0.15, 0.2) is 18.2 Å². The third-order valence-corrected chi connectivity index (χ3v) is 4.96. The number of likely N-dealkylation sites (tertiary alicyclic amines) is 1. The molecule has 0 aromatic heterocycles. The summed E-state index contributed by atoms with van der Waals surface area (Å²) in [5.41, 5.74) is 0.423. The summed E-state index contributed by atoms with van der Waals surface area (Å²) in [7, 11) is 0. The highest BCUT2D eigenvalue weighted by molar-refractivity contribution is 7.80. The Kier molecular flexibility index (Phi) is 7.20. The summed E-state index contributed by atoms with van der Waals surface area (Å²) in [4.78, 5) is 12.0. The SMILES string of the molecule is CC1CC[NH+](CCCNC(=S)Nc2cc([N+](=O)[O-])ccc2Cl)CC1. The quantitative estimate of drug-likeness (QED) is 0.309. The second kappa shape index (κ2) is 9.15. The second-order valence-electron chi connectivity index (χ2n) is 6.34. The van der Waals surface area contributed by atoms with Crippen molar-refractivity contribution in [2.24, 2.45) is 5.92 Å². The molecule has 3 N–H and O–H groups in total. The molecule has 1 aliphatic rings. The lowest BCUT2D eigenvalue weighted by Crippen LogP contribution is -3.13. The molecule has 0 unspecified atom stereocenters. The van der Waals surface area contributed by atoms with Gasteiger partial charge < -0.3 is 15.5 Å². The van der Waals surface area contributed by atoms with Gasteiger partial charge >= 0.3 is 0 Å². The first-order valence-electron chi connectivity index (χ1n) is 8.28. The van der Waals surface area contributed by atoms with Gasteiger partial charge in [0.05, 0.1) is 35.3 Å². The van der Waals surface area contributed by atoms with E-state index in [9.17, 15) is 10.1 Å². The van der Waals surface area contributed by atoms with Crippen LogP contribution in [0.1, 0.15) is 26.2 Å². The summed E-state index contributed by atoms with van der Waals surface area (Å²) in [5, 5.41) is 17.7. The van der Waals surface area contributed by atoms with Crippen molar-refractivity contribution < 1.29 is 9.82 Å². The molecule has 0 radical (unpaired) electrons. The smallest absolute Gasteiger partial charge is 0.271 e. The zero-order chi connectivity index (χ0) is 17.5. The van der Waals surface area contributed by atoms with E-state index in [0.717, 1.165) is 25.4 Å². The van der Waals surface area contributed by atoms with Gasteiger partial charge in [-0.2, -0.15) is 0 Å². The predicted molar refractivity (Wildman–Crippen MR) is 101 cm³/mol. The molecule has 0 amide bonds. The number of nitro benzene ring substituents is 1. The highest BCUT2D eigenvalue weighted by Gasteiger charge is 2.18. The molecular weight excluding hydrogens is 348 g/mol. The van der Waals surface area contributed by atoms with Crippen LogP contribution in [0.25, 0.3) is 0 Å². The van der Waals surface area contributed by atoms with Crippen molar-refractivity contribution in [3.05, 3.63) is 33.3 Å². The van der Waals surface area contributed by atoms with E-state index in [0.29, 0.717) is 15.8 Å². The number of thiocarbonyl (C=S) groups is 1. The Hall–Kier alpha value is -1.44. The van der Waals surface area contributed by atoms with E-state index in [4.69, 9.17) is 23.8 Å². The van der Waals surface area contributed by atoms with Gasteiger partial charge in [-0.05, 0) is 37.0 Å². The molecule has 0 saturated carbocycles. The van der Waals surface area contributed by atoms with E-state index in [1.807, 2.05) is 0 Å². The van der Waals surface area contributed by atoms with Gasteiger partial charge in [0.2, 0.25) is 0 Å².